The molecule has 6 nitrogen and oxygen atoms in total. The zero-order valence-corrected chi connectivity index (χ0v) is 18.5. The van der Waals surface area contributed by atoms with Crippen molar-refractivity contribution in [3.05, 3.63) is 82.7 Å². The molecule has 1 aromatic heterocycles. The van der Waals surface area contributed by atoms with Gasteiger partial charge in [0.2, 0.25) is 0 Å². The lowest BCUT2D eigenvalue weighted by atomic mass is 10.1. The number of aromatic nitrogens is 2. The first-order valence-corrected chi connectivity index (χ1v) is 10.5. The van der Waals surface area contributed by atoms with Crippen LogP contribution in [0.3, 0.4) is 0 Å². The summed E-state index contributed by atoms with van der Waals surface area (Å²) >= 11 is 0. The standard InChI is InChI=1S/C25H29N3O3/c1-5-20-11-13-21(14-12-20)17(2)26-24(29)16-31-25(30)15-23-18(3)27-28(19(23)4)22-9-7-6-8-10-22/h6-14,17H,5,15-16H2,1-4H3,(H,26,29)/t17-/m0/s1. The molecular weight excluding hydrogens is 390 g/mol. The van der Waals surface area contributed by atoms with Gasteiger partial charge >= 0.3 is 5.97 Å². The van der Waals surface area contributed by atoms with Crippen LogP contribution in [0.2, 0.25) is 0 Å². The summed E-state index contributed by atoms with van der Waals surface area (Å²) in [6.45, 7) is 7.50. The molecule has 1 atom stereocenters. The summed E-state index contributed by atoms with van der Waals surface area (Å²) in [5, 5.41) is 7.41. The Kier molecular flexibility index (Phi) is 7.23. The highest BCUT2D eigenvalue weighted by Crippen LogP contribution is 2.19. The summed E-state index contributed by atoms with van der Waals surface area (Å²) in [4.78, 5) is 24.6. The molecule has 0 saturated carbocycles. The van der Waals surface area contributed by atoms with Crippen LogP contribution in [0.4, 0.5) is 0 Å². The maximum atomic E-state index is 12.4. The van der Waals surface area contributed by atoms with E-state index in [0.29, 0.717) is 0 Å². The van der Waals surface area contributed by atoms with Crippen molar-refractivity contribution >= 4 is 11.9 Å². The normalized spacial score (nSPS) is 11.7. The second-order valence-electron chi connectivity index (χ2n) is 7.62. The van der Waals surface area contributed by atoms with Crippen LogP contribution in [0.25, 0.3) is 5.69 Å². The summed E-state index contributed by atoms with van der Waals surface area (Å²) < 4.78 is 7.03. The Bertz CT molecular complexity index is 1040. The Morgan fingerprint density at radius 1 is 1.06 bits per heavy atom. The van der Waals surface area contributed by atoms with Crippen LogP contribution in [0.15, 0.2) is 54.6 Å². The number of carbonyl (C=O) groups excluding carboxylic acids is 2. The Hall–Kier alpha value is -3.41. The number of benzene rings is 2. The number of nitrogens with one attached hydrogen (secondary N) is 1. The molecule has 2 aromatic carbocycles. The maximum absolute atomic E-state index is 12.4. The molecular formula is C25H29N3O3. The molecule has 3 aromatic rings. The van der Waals surface area contributed by atoms with Gasteiger partial charge in [-0.1, -0.05) is 49.4 Å². The van der Waals surface area contributed by atoms with E-state index in [2.05, 4.69) is 29.5 Å². The van der Waals surface area contributed by atoms with Crippen LogP contribution in [0, 0.1) is 13.8 Å². The number of amides is 1. The van der Waals surface area contributed by atoms with E-state index in [1.54, 1.807) is 0 Å². The lowest BCUT2D eigenvalue weighted by Crippen LogP contribution is -2.31. The Balaban J connectivity index is 1.54. The van der Waals surface area contributed by atoms with Crippen LogP contribution in [-0.2, 0) is 27.2 Å². The summed E-state index contributed by atoms with van der Waals surface area (Å²) in [5.74, 6) is -0.775. The summed E-state index contributed by atoms with van der Waals surface area (Å²) in [5.41, 5.74) is 5.66. The molecule has 0 aliphatic carbocycles. The van der Waals surface area contributed by atoms with E-state index >= 15 is 0 Å². The topological polar surface area (TPSA) is 73.2 Å². The summed E-state index contributed by atoms with van der Waals surface area (Å²) in [6, 6.07) is 17.7. The Labute approximate surface area is 183 Å². The molecule has 1 amide bonds. The fourth-order valence-corrected chi connectivity index (χ4v) is 3.50. The molecule has 31 heavy (non-hydrogen) atoms. The number of aryl methyl sites for hydroxylation is 2. The molecule has 6 heteroatoms. The molecule has 3 rings (SSSR count). The van der Waals surface area contributed by atoms with Gasteiger partial charge in [-0.05, 0) is 50.5 Å². The van der Waals surface area contributed by atoms with Gasteiger partial charge in [-0.3, -0.25) is 9.59 Å². The second kappa shape index (κ2) is 10.1. The van der Waals surface area contributed by atoms with Gasteiger partial charge in [0, 0.05) is 11.3 Å². The minimum atomic E-state index is -0.450. The fraction of sp³-hybridized carbons (Fsp3) is 0.320. The molecule has 1 N–H and O–H groups in total. The number of nitrogens with zero attached hydrogens (tertiary/aromatic N) is 2. The van der Waals surface area contributed by atoms with E-state index in [4.69, 9.17) is 4.74 Å². The third-order valence-electron chi connectivity index (χ3n) is 5.39. The number of carbonyl (C=O) groups is 2. The highest BCUT2D eigenvalue weighted by Gasteiger charge is 2.18. The minimum absolute atomic E-state index is 0.0752. The molecule has 0 bridgehead atoms. The highest BCUT2D eigenvalue weighted by molar-refractivity contribution is 5.81. The molecule has 0 unspecified atom stereocenters. The van der Waals surface area contributed by atoms with Gasteiger partial charge < -0.3 is 10.1 Å². The van der Waals surface area contributed by atoms with Crippen molar-refractivity contribution in [2.45, 2.75) is 46.6 Å². The van der Waals surface area contributed by atoms with Crippen molar-refractivity contribution in [1.82, 2.24) is 15.1 Å². The molecule has 1 heterocycles. The van der Waals surface area contributed by atoms with Crippen molar-refractivity contribution in [1.29, 1.82) is 0 Å². The average Bonchev–Trinajstić information content (AvgIpc) is 3.06. The van der Waals surface area contributed by atoms with Crippen LogP contribution >= 0.6 is 0 Å². The van der Waals surface area contributed by atoms with Crippen molar-refractivity contribution in [2.24, 2.45) is 0 Å². The second-order valence-corrected chi connectivity index (χ2v) is 7.62. The number of hydrogen-bond donors (Lipinski definition) is 1. The first kappa shape index (κ1) is 22.3. The van der Waals surface area contributed by atoms with Gasteiger partial charge in [-0.15, -0.1) is 0 Å². The fourth-order valence-electron chi connectivity index (χ4n) is 3.50. The number of para-hydroxylation sites is 1. The highest BCUT2D eigenvalue weighted by atomic mass is 16.5. The average molecular weight is 420 g/mol. The van der Waals surface area contributed by atoms with Gasteiger partial charge in [0.05, 0.1) is 23.8 Å². The van der Waals surface area contributed by atoms with Crippen molar-refractivity contribution < 1.29 is 14.3 Å². The maximum Gasteiger partial charge on any atom is 0.310 e. The molecule has 0 aliphatic rings. The predicted molar refractivity (Wildman–Crippen MR) is 120 cm³/mol. The molecule has 162 valence electrons. The monoisotopic (exact) mass is 419 g/mol. The van der Waals surface area contributed by atoms with E-state index in [1.165, 1.54) is 5.56 Å². The largest absolute Gasteiger partial charge is 0.455 e. The zero-order chi connectivity index (χ0) is 22.4. The van der Waals surface area contributed by atoms with Crippen LogP contribution < -0.4 is 5.32 Å². The van der Waals surface area contributed by atoms with E-state index in [-0.39, 0.29) is 25.0 Å². The van der Waals surface area contributed by atoms with Crippen molar-refractivity contribution in [3.8, 4) is 5.69 Å². The molecule has 0 fully saturated rings. The molecule has 0 aliphatic heterocycles. The third-order valence-corrected chi connectivity index (χ3v) is 5.39. The van der Waals surface area contributed by atoms with Crippen LogP contribution in [0.5, 0.6) is 0 Å². The van der Waals surface area contributed by atoms with Gasteiger partial charge in [0.15, 0.2) is 6.61 Å². The quantitative estimate of drug-likeness (QED) is 0.560. The number of esters is 1. The van der Waals surface area contributed by atoms with Gasteiger partial charge in [0.1, 0.15) is 0 Å². The van der Waals surface area contributed by atoms with Crippen molar-refractivity contribution in [2.75, 3.05) is 6.61 Å². The lowest BCUT2D eigenvalue weighted by molar-refractivity contribution is -0.148. The van der Waals surface area contributed by atoms with Crippen LogP contribution in [-0.4, -0.2) is 28.3 Å². The number of ether oxygens (including phenoxy) is 1. The minimum Gasteiger partial charge on any atom is -0.455 e. The Morgan fingerprint density at radius 2 is 1.74 bits per heavy atom. The van der Waals surface area contributed by atoms with E-state index < -0.39 is 5.97 Å². The number of rotatable bonds is 8. The number of hydrogen-bond acceptors (Lipinski definition) is 4. The van der Waals surface area contributed by atoms with Crippen molar-refractivity contribution in [3.63, 3.8) is 0 Å². The first-order chi connectivity index (χ1) is 14.9. The molecule has 0 spiro atoms. The van der Waals surface area contributed by atoms with Gasteiger partial charge in [-0.2, -0.15) is 5.10 Å². The first-order valence-electron chi connectivity index (χ1n) is 10.5. The lowest BCUT2D eigenvalue weighted by Gasteiger charge is -2.15. The van der Waals surface area contributed by atoms with E-state index in [1.807, 2.05) is 67.9 Å². The van der Waals surface area contributed by atoms with Gasteiger partial charge in [0.25, 0.3) is 5.91 Å². The summed E-state index contributed by atoms with van der Waals surface area (Å²) in [6.07, 6.45) is 1.05. The molecule has 0 radical (unpaired) electrons. The van der Waals surface area contributed by atoms with Crippen LogP contribution in [0.1, 0.15) is 48.0 Å². The third kappa shape index (κ3) is 5.60. The van der Waals surface area contributed by atoms with E-state index in [0.717, 1.165) is 34.6 Å². The zero-order valence-electron chi connectivity index (χ0n) is 18.5. The van der Waals surface area contributed by atoms with E-state index in [9.17, 15) is 9.59 Å². The summed E-state index contributed by atoms with van der Waals surface area (Å²) in [7, 11) is 0. The molecule has 0 saturated heterocycles. The SMILES string of the molecule is CCc1ccc([C@H](C)NC(=O)COC(=O)Cc2c(C)nn(-c3ccccc3)c2C)cc1. The Morgan fingerprint density at radius 3 is 2.39 bits per heavy atom. The predicted octanol–water partition coefficient (Wildman–Crippen LogP) is 4.01. The van der Waals surface area contributed by atoms with Gasteiger partial charge in [-0.25, -0.2) is 4.68 Å². The smallest absolute Gasteiger partial charge is 0.310 e.